The molecule has 2 N–H and O–H groups in total. The van der Waals surface area contributed by atoms with Crippen LogP contribution in [0.1, 0.15) is 30.9 Å². The van der Waals surface area contributed by atoms with Crippen molar-refractivity contribution >= 4 is 23.5 Å². The van der Waals surface area contributed by atoms with Crippen LogP contribution in [0.15, 0.2) is 18.2 Å². The average Bonchev–Trinajstić information content (AvgIpc) is 2.37. The molecule has 0 heterocycles. The van der Waals surface area contributed by atoms with E-state index >= 15 is 0 Å². The van der Waals surface area contributed by atoms with Crippen molar-refractivity contribution in [2.24, 2.45) is 0 Å². The molecule has 0 saturated carbocycles. The molecular formula is C14H18ClNO3. The van der Waals surface area contributed by atoms with E-state index in [0.717, 1.165) is 11.1 Å². The molecular weight excluding hydrogens is 266 g/mol. The molecule has 0 spiro atoms. The van der Waals surface area contributed by atoms with E-state index in [9.17, 15) is 9.59 Å². The molecule has 0 aliphatic rings. The maximum Gasteiger partial charge on any atom is 0.326 e. The number of aliphatic carboxylic acids is 1. The molecule has 5 heteroatoms. The summed E-state index contributed by atoms with van der Waals surface area (Å²) in [6.45, 7) is 3.64. The molecule has 0 unspecified atom stereocenters. The zero-order valence-electron chi connectivity index (χ0n) is 11.1. The van der Waals surface area contributed by atoms with Crippen LogP contribution >= 0.6 is 11.6 Å². The lowest BCUT2D eigenvalue weighted by Crippen LogP contribution is -2.40. The van der Waals surface area contributed by atoms with Gasteiger partial charge in [0.15, 0.2) is 0 Å². The summed E-state index contributed by atoms with van der Waals surface area (Å²) in [4.78, 5) is 22.4. The largest absolute Gasteiger partial charge is 0.480 e. The molecule has 0 aliphatic heterocycles. The molecule has 0 aromatic heterocycles. The molecule has 1 aromatic rings. The molecule has 0 saturated heterocycles. The van der Waals surface area contributed by atoms with Gasteiger partial charge in [-0.1, -0.05) is 30.7 Å². The molecule has 1 atom stereocenters. The summed E-state index contributed by atoms with van der Waals surface area (Å²) >= 11 is 6.00. The summed E-state index contributed by atoms with van der Waals surface area (Å²) in [7, 11) is 0. The molecule has 4 nitrogen and oxygen atoms in total. The highest BCUT2D eigenvalue weighted by atomic mass is 35.5. The van der Waals surface area contributed by atoms with Gasteiger partial charge in [-0.15, -0.1) is 0 Å². The first-order valence-electron chi connectivity index (χ1n) is 6.21. The Morgan fingerprint density at radius 3 is 2.63 bits per heavy atom. The third kappa shape index (κ3) is 4.91. The van der Waals surface area contributed by atoms with Gasteiger partial charge in [-0.25, -0.2) is 4.79 Å². The van der Waals surface area contributed by atoms with Crippen LogP contribution in [0.25, 0.3) is 0 Å². The molecule has 0 radical (unpaired) electrons. The van der Waals surface area contributed by atoms with Crippen LogP contribution in [-0.4, -0.2) is 23.0 Å². The van der Waals surface area contributed by atoms with E-state index in [1.54, 1.807) is 6.92 Å². The van der Waals surface area contributed by atoms with Crippen molar-refractivity contribution in [3.63, 3.8) is 0 Å². The first-order chi connectivity index (χ1) is 8.93. The second-order valence-electron chi connectivity index (χ2n) is 4.45. The van der Waals surface area contributed by atoms with Crippen molar-refractivity contribution in [1.29, 1.82) is 0 Å². The highest BCUT2D eigenvalue weighted by molar-refractivity contribution is 6.31. The van der Waals surface area contributed by atoms with Crippen LogP contribution in [-0.2, 0) is 16.0 Å². The molecule has 0 fully saturated rings. The quantitative estimate of drug-likeness (QED) is 0.843. The summed E-state index contributed by atoms with van der Waals surface area (Å²) < 4.78 is 0. The van der Waals surface area contributed by atoms with Gasteiger partial charge in [0.2, 0.25) is 5.91 Å². The fourth-order valence-corrected chi connectivity index (χ4v) is 1.86. The maximum absolute atomic E-state index is 11.6. The zero-order valence-corrected chi connectivity index (χ0v) is 11.8. The number of benzene rings is 1. The number of carbonyl (C=O) groups excluding carboxylic acids is 1. The monoisotopic (exact) mass is 283 g/mol. The standard InChI is InChI=1S/C14H18ClNO3/c1-3-12(14(18)19)16-13(17)7-6-10-5-4-9(2)11(15)8-10/h4-5,8,12H,3,6-7H2,1-2H3,(H,16,17)(H,18,19)/t12-/m1/s1. The number of hydrogen-bond acceptors (Lipinski definition) is 2. The number of aryl methyl sites for hydroxylation is 2. The van der Waals surface area contributed by atoms with Gasteiger partial charge < -0.3 is 10.4 Å². The first-order valence-corrected chi connectivity index (χ1v) is 6.59. The molecule has 1 rings (SSSR count). The van der Waals surface area contributed by atoms with Crippen LogP contribution in [0.5, 0.6) is 0 Å². The third-order valence-electron chi connectivity index (χ3n) is 2.92. The van der Waals surface area contributed by atoms with Crippen molar-refractivity contribution in [3.05, 3.63) is 34.3 Å². The van der Waals surface area contributed by atoms with Crippen molar-refractivity contribution in [2.75, 3.05) is 0 Å². The first kappa shape index (κ1) is 15.5. The Bertz CT molecular complexity index is 474. The topological polar surface area (TPSA) is 66.4 Å². The fraction of sp³-hybridized carbons (Fsp3) is 0.429. The smallest absolute Gasteiger partial charge is 0.326 e. The summed E-state index contributed by atoms with van der Waals surface area (Å²) in [5.41, 5.74) is 1.96. The average molecular weight is 284 g/mol. The minimum Gasteiger partial charge on any atom is -0.480 e. The molecule has 1 amide bonds. The van der Waals surface area contributed by atoms with Crippen molar-refractivity contribution in [1.82, 2.24) is 5.32 Å². The van der Waals surface area contributed by atoms with Crippen LogP contribution in [0.2, 0.25) is 5.02 Å². The minimum atomic E-state index is -1.01. The summed E-state index contributed by atoms with van der Waals surface area (Å²) in [6, 6.07) is 4.85. The third-order valence-corrected chi connectivity index (χ3v) is 3.33. The number of carboxylic acid groups (broad SMARTS) is 1. The van der Waals surface area contributed by atoms with Gasteiger partial charge in [-0.3, -0.25) is 4.79 Å². The predicted molar refractivity (Wildman–Crippen MR) is 74.4 cm³/mol. The van der Waals surface area contributed by atoms with E-state index in [0.29, 0.717) is 17.9 Å². The summed E-state index contributed by atoms with van der Waals surface area (Å²) in [6.07, 6.45) is 1.17. The highest BCUT2D eigenvalue weighted by Gasteiger charge is 2.17. The summed E-state index contributed by atoms with van der Waals surface area (Å²) in [5.74, 6) is -1.26. The van der Waals surface area contributed by atoms with Crippen molar-refractivity contribution < 1.29 is 14.7 Å². The van der Waals surface area contributed by atoms with Gasteiger partial charge in [-0.2, -0.15) is 0 Å². The van der Waals surface area contributed by atoms with E-state index in [4.69, 9.17) is 16.7 Å². The van der Waals surface area contributed by atoms with E-state index in [1.807, 2.05) is 25.1 Å². The van der Waals surface area contributed by atoms with E-state index in [1.165, 1.54) is 0 Å². The summed E-state index contributed by atoms with van der Waals surface area (Å²) in [5, 5.41) is 12.0. The number of rotatable bonds is 6. The Hall–Kier alpha value is -1.55. The lowest BCUT2D eigenvalue weighted by atomic mass is 10.1. The van der Waals surface area contributed by atoms with E-state index < -0.39 is 12.0 Å². The second-order valence-corrected chi connectivity index (χ2v) is 4.86. The number of carbonyl (C=O) groups is 2. The van der Waals surface area contributed by atoms with Crippen molar-refractivity contribution in [3.8, 4) is 0 Å². The number of halogens is 1. The van der Waals surface area contributed by atoms with Crippen LogP contribution in [0, 0.1) is 6.92 Å². The zero-order chi connectivity index (χ0) is 14.4. The molecule has 0 aliphatic carbocycles. The Labute approximate surface area is 117 Å². The Balaban J connectivity index is 2.49. The lowest BCUT2D eigenvalue weighted by Gasteiger charge is -2.12. The number of carboxylic acids is 1. The van der Waals surface area contributed by atoms with Crippen LogP contribution in [0.4, 0.5) is 0 Å². The maximum atomic E-state index is 11.6. The predicted octanol–water partition coefficient (Wildman–Crippen LogP) is 2.56. The number of hydrogen-bond donors (Lipinski definition) is 2. The van der Waals surface area contributed by atoms with E-state index in [-0.39, 0.29) is 12.3 Å². The van der Waals surface area contributed by atoms with Crippen molar-refractivity contribution in [2.45, 2.75) is 39.2 Å². The minimum absolute atomic E-state index is 0.253. The molecule has 104 valence electrons. The van der Waals surface area contributed by atoms with Gasteiger partial charge >= 0.3 is 5.97 Å². The SMILES string of the molecule is CC[C@@H](NC(=O)CCc1ccc(C)c(Cl)c1)C(=O)O. The molecule has 0 bridgehead atoms. The van der Waals surface area contributed by atoms with E-state index in [2.05, 4.69) is 5.32 Å². The van der Waals surface area contributed by atoms with Crippen LogP contribution < -0.4 is 5.32 Å². The fourth-order valence-electron chi connectivity index (χ4n) is 1.65. The Kier molecular flexibility index (Phi) is 5.83. The Morgan fingerprint density at radius 2 is 2.11 bits per heavy atom. The van der Waals surface area contributed by atoms with Crippen LogP contribution in [0.3, 0.4) is 0 Å². The Morgan fingerprint density at radius 1 is 1.42 bits per heavy atom. The van der Waals surface area contributed by atoms with Gasteiger partial charge in [0, 0.05) is 11.4 Å². The molecule has 1 aromatic carbocycles. The van der Waals surface area contributed by atoms with Gasteiger partial charge in [0.25, 0.3) is 0 Å². The molecule has 19 heavy (non-hydrogen) atoms. The second kappa shape index (κ2) is 7.14. The number of nitrogens with one attached hydrogen (secondary N) is 1. The van der Waals surface area contributed by atoms with Gasteiger partial charge in [0.1, 0.15) is 6.04 Å². The normalized spacial score (nSPS) is 11.9. The number of amides is 1. The highest BCUT2D eigenvalue weighted by Crippen LogP contribution is 2.17. The van der Waals surface area contributed by atoms with Gasteiger partial charge in [0.05, 0.1) is 0 Å². The van der Waals surface area contributed by atoms with Gasteiger partial charge in [-0.05, 0) is 37.0 Å². The lowest BCUT2D eigenvalue weighted by molar-refractivity contribution is -0.141.